The fourth-order valence-corrected chi connectivity index (χ4v) is 7.41. The van der Waals surface area contributed by atoms with Gasteiger partial charge in [-0.25, -0.2) is 49.6 Å². The minimum Gasteiger partial charge on any atom is -1.00 e. The van der Waals surface area contributed by atoms with Crippen LogP contribution < -0.4 is 165 Å². The molecule has 10 aromatic rings. The van der Waals surface area contributed by atoms with E-state index in [4.69, 9.17) is 26.3 Å². The summed E-state index contributed by atoms with van der Waals surface area (Å²) < 4.78 is 108. The molecule has 0 aliphatic heterocycles. The number of nitrogens with zero attached hydrogens (tertiary/aromatic N) is 8. The number of nitrogens with one attached hydrogen (secondary N) is 2. The number of halogens is 9. The molecule has 10 rings (SSSR count). The van der Waals surface area contributed by atoms with Crippen LogP contribution in [0.15, 0.2) is 160 Å². The molecule has 17 nitrogen and oxygen atoms in total. The second kappa shape index (κ2) is 33.8. The Bertz CT molecular complexity index is 4110. The summed E-state index contributed by atoms with van der Waals surface area (Å²) in [4.78, 5) is 46.1. The smallest absolute Gasteiger partial charge is 1.00 e. The number of alkyl halides is 1. The number of aromatic amines is 2. The quantitative estimate of drug-likeness (QED) is 0.0618. The van der Waals surface area contributed by atoms with Crippen LogP contribution in [0, 0.1) is 69.2 Å². The summed E-state index contributed by atoms with van der Waals surface area (Å²) in [6.45, 7) is -0.00946. The van der Waals surface area contributed by atoms with Gasteiger partial charge in [0.1, 0.15) is 58.7 Å². The zero-order valence-corrected chi connectivity index (χ0v) is 57.2. The second-order valence-electron chi connectivity index (χ2n) is 16.4. The van der Waals surface area contributed by atoms with Gasteiger partial charge < -0.3 is 17.3 Å². The van der Waals surface area contributed by atoms with Gasteiger partial charge in [-0.15, -0.1) is 0 Å². The van der Waals surface area contributed by atoms with Gasteiger partial charge in [0.25, 0.3) is 23.2 Å². The van der Waals surface area contributed by atoms with Gasteiger partial charge in [0, 0.05) is 63.8 Å². The molecule has 0 aliphatic carbocycles. The minimum absolute atomic E-state index is 0. The zero-order chi connectivity index (χ0) is 58.8. The van der Waals surface area contributed by atoms with Crippen molar-refractivity contribution in [2.24, 2.45) is 0 Å². The molecule has 0 aliphatic rings. The van der Waals surface area contributed by atoms with E-state index in [9.17, 15) is 49.5 Å². The largest absolute Gasteiger partial charge is 1.00 e. The summed E-state index contributed by atoms with van der Waals surface area (Å²) in [5.74, 6) is -5.05. The van der Waals surface area contributed by atoms with Crippen molar-refractivity contribution < 1.29 is 189 Å². The van der Waals surface area contributed by atoms with Crippen molar-refractivity contribution >= 4 is 39.1 Å². The summed E-state index contributed by atoms with van der Waals surface area (Å²) in [5.41, 5.74) is 9.14. The van der Waals surface area contributed by atoms with Gasteiger partial charge in [0.2, 0.25) is 0 Å². The topological polar surface area (TPSA) is 267 Å². The van der Waals surface area contributed by atoms with E-state index in [0.29, 0.717) is 28.1 Å². The number of hydrogen-bond donors (Lipinski definition) is 3. The van der Waals surface area contributed by atoms with Crippen LogP contribution in [0.1, 0.15) is 29.2 Å². The number of carbonyl (C=O) groups is 1. The van der Waals surface area contributed by atoms with Gasteiger partial charge in [-0.2, -0.15) is 30.9 Å². The minimum atomic E-state index is -0.758. The number of aromatic nitrogens is 8. The molecule has 0 unspecified atom stereocenters. The Morgan fingerprint density at radius 2 is 0.952 bits per heavy atom. The Morgan fingerprint density at radius 3 is 1.36 bits per heavy atom. The van der Waals surface area contributed by atoms with E-state index < -0.39 is 52.1 Å². The van der Waals surface area contributed by atoms with Gasteiger partial charge in [0.05, 0.1) is 46.8 Å². The van der Waals surface area contributed by atoms with Gasteiger partial charge in [0.15, 0.2) is 5.82 Å². The van der Waals surface area contributed by atoms with Crippen molar-refractivity contribution in [2.75, 3.05) is 5.73 Å². The Balaban J connectivity index is 0.000000296. The molecule has 4 aromatic heterocycles. The van der Waals surface area contributed by atoms with E-state index in [1.54, 1.807) is 18.2 Å². The number of carbonyl (C=O) groups excluding carboxylic acids is 1. The van der Waals surface area contributed by atoms with Crippen molar-refractivity contribution in [3.8, 4) is 45.9 Å². The van der Waals surface area contributed by atoms with Crippen LogP contribution >= 0.6 is 15.9 Å². The fourth-order valence-electron chi connectivity index (χ4n) is 7.07. The molecular weight excluding hydrogens is 1410 g/mol. The van der Waals surface area contributed by atoms with Crippen LogP contribution in [0.25, 0.3) is 44.7 Å². The molecule has 4 N–H and O–H groups in total. The molecule has 0 bridgehead atoms. The second-order valence-corrected chi connectivity index (χ2v) is 16.9. The normalized spacial score (nSPS) is 9.98. The van der Waals surface area contributed by atoms with Crippen LogP contribution in [0.2, 0.25) is 0 Å². The van der Waals surface area contributed by atoms with E-state index in [2.05, 4.69) is 51.4 Å². The third-order valence-electron chi connectivity index (χ3n) is 10.7. The molecule has 0 saturated heterocycles. The maximum Gasteiger partial charge on any atom is 1.00 e. The molecule has 0 radical (unpaired) electrons. The number of benzene rings is 6. The summed E-state index contributed by atoms with van der Waals surface area (Å²) in [6, 6.07) is 34.4. The van der Waals surface area contributed by atoms with Crippen LogP contribution in [0.3, 0.4) is 0 Å². The first-order chi connectivity index (χ1) is 38.8. The Morgan fingerprint density at radius 1 is 0.554 bits per heavy atom. The molecule has 0 spiro atoms. The summed E-state index contributed by atoms with van der Waals surface area (Å²) in [6.07, 6.45) is 0. The number of anilines is 1. The van der Waals surface area contributed by atoms with Gasteiger partial charge >= 0.3 is 138 Å². The first-order valence-electron chi connectivity index (χ1n) is 22.8. The van der Waals surface area contributed by atoms with E-state index >= 15 is 0 Å². The van der Waals surface area contributed by atoms with Crippen LogP contribution in [0.5, 0.6) is 0 Å². The van der Waals surface area contributed by atoms with Crippen LogP contribution in [0.4, 0.5) is 40.9 Å². The third-order valence-corrected chi connectivity index (χ3v) is 11.4. The maximum absolute atomic E-state index is 13.4. The first-order valence-corrected chi connectivity index (χ1v) is 23.9. The number of fused-ring (bicyclic) bond motifs is 1. The van der Waals surface area contributed by atoms with Gasteiger partial charge in [-0.3, -0.25) is 24.3 Å². The Kier molecular flexibility index (Phi) is 28.2. The van der Waals surface area contributed by atoms with Crippen molar-refractivity contribution in [1.29, 1.82) is 10.5 Å². The standard InChI is InChI=1S/C18H10F3N3O.C18H13F2N5O.C10H6F2N2O.C8H5BrFN.CH2O3.2Cs.H/c19-14-6-12(7-15(20)8-14)17-3-4-18(25)24(23-17)10-11-1-2-16(21)13(5-11)9-22;19-12-6-11(7-13(20)8-12)15-3-4-17(26)25(24-15)9-10-1-2-16-14(5-10)18(21)23-22-16;11-7-3-6(4-8(12)5-7)9-1-2-10(15)14-13-9;9-4-6-1-2-8(10)7(3-6)5-11;2-1-4-3;;;/h1-8H,10H2;1-8H,9H2,(H3,21,22,23);1-5H,(H,14,15);1-3H,4H2;1,3H;;;/q;;;;;2*+1;-1/p-1. The average Bonchev–Trinajstić information content (AvgIpc) is 3.82. The average molecular weight is 1440 g/mol. The van der Waals surface area contributed by atoms with E-state index in [0.717, 1.165) is 75.2 Å². The number of nitrogen functional groups attached to an aromatic ring is 1. The number of nitriles is 2. The van der Waals surface area contributed by atoms with Crippen molar-refractivity contribution in [1.82, 2.24) is 40.0 Å². The summed E-state index contributed by atoms with van der Waals surface area (Å²) in [7, 11) is 0. The molecule has 28 heteroatoms. The fraction of sp³-hybridized carbons (Fsp3) is 0.0545. The van der Waals surface area contributed by atoms with Crippen molar-refractivity contribution in [3.05, 3.63) is 251 Å². The van der Waals surface area contributed by atoms with E-state index in [1.807, 2.05) is 18.2 Å². The van der Waals surface area contributed by atoms with Crippen LogP contribution in [-0.2, 0) is 28.1 Å². The zero-order valence-electron chi connectivity index (χ0n) is 44.1. The monoisotopic (exact) mass is 1440 g/mol. The Hall–Kier alpha value is -6.34. The molecular formula is C55H36BrCs2F8N11O6. The van der Waals surface area contributed by atoms with Crippen molar-refractivity contribution in [3.63, 3.8) is 0 Å². The molecule has 0 saturated carbocycles. The first kappa shape index (κ1) is 69.2. The number of H-pyrrole nitrogens is 2. The predicted molar refractivity (Wildman–Crippen MR) is 280 cm³/mol. The SMILES string of the molecule is N#Cc1cc(CBr)ccc1F.N#Cc1cc(Cn2nc(-c3cc(F)cc(F)c3)ccc2=O)ccc1F.Nc1n[nH]c2ccc(Cn3nc(-c4cc(F)cc(F)c4)ccc3=O)cc12.O=CO[O-].O=c1ccc(-c2cc(F)cc(F)c2)n[nH]1.[Cs+].[Cs+].[H-]. The van der Waals surface area contributed by atoms with Crippen LogP contribution in [-0.4, -0.2) is 46.4 Å². The third kappa shape index (κ3) is 20.8. The van der Waals surface area contributed by atoms with Gasteiger partial charge in [-0.05, 0) is 108 Å². The number of nitrogens with two attached hydrogens (primary N) is 1. The molecule has 0 amide bonds. The molecule has 6 aromatic carbocycles. The molecule has 83 heavy (non-hydrogen) atoms. The number of hydrogen-bond acceptors (Lipinski definition) is 13. The molecule has 0 atom stereocenters. The van der Waals surface area contributed by atoms with Crippen molar-refractivity contribution in [2.45, 2.75) is 18.4 Å². The summed E-state index contributed by atoms with van der Waals surface area (Å²) in [5, 5.41) is 48.0. The van der Waals surface area contributed by atoms with Gasteiger partial charge in [-0.1, -0.05) is 34.1 Å². The Labute approximate surface area is 591 Å². The van der Waals surface area contributed by atoms with E-state index in [-0.39, 0.29) is 203 Å². The molecule has 412 valence electrons. The maximum atomic E-state index is 13.4. The van der Waals surface area contributed by atoms with E-state index in [1.165, 1.54) is 77.5 Å². The molecule has 0 fully saturated rings. The predicted octanol–water partition coefficient (Wildman–Crippen LogP) is 2.81. The molecule has 4 heterocycles. The number of rotatable bonds is 9. The summed E-state index contributed by atoms with van der Waals surface area (Å²) >= 11 is 3.21.